The minimum atomic E-state index is -0.0844. The van der Waals surface area contributed by atoms with Gasteiger partial charge < -0.3 is 15.8 Å². The van der Waals surface area contributed by atoms with E-state index >= 15 is 0 Å². The van der Waals surface area contributed by atoms with Crippen molar-refractivity contribution in [2.45, 2.75) is 31.4 Å². The molecule has 1 aliphatic rings. The van der Waals surface area contributed by atoms with Crippen LogP contribution in [0.2, 0.25) is 10.0 Å². The number of carbonyl (C=O) groups excluding carboxylic acids is 1. The van der Waals surface area contributed by atoms with Gasteiger partial charge in [0, 0.05) is 44.2 Å². The lowest BCUT2D eigenvalue weighted by Gasteiger charge is -2.38. The van der Waals surface area contributed by atoms with Crippen molar-refractivity contribution in [3.05, 3.63) is 28.2 Å². The van der Waals surface area contributed by atoms with Crippen molar-refractivity contribution in [1.29, 1.82) is 0 Å². The molecule has 0 aliphatic carbocycles. The van der Waals surface area contributed by atoms with E-state index in [0.717, 1.165) is 19.4 Å². The van der Waals surface area contributed by atoms with Crippen LogP contribution in [0, 0.1) is 0 Å². The third-order valence-electron chi connectivity index (χ3n) is 4.22. The first-order valence-corrected chi connectivity index (χ1v) is 8.51. The van der Waals surface area contributed by atoms with Gasteiger partial charge >= 0.3 is 0 Å². The van der Waals surface area contributed by atoms with Crippen LogP contribution in [0.3, 0.4) is 0 Å². The molecule has 136 valence electrons. The molecule has 1 aliphatic heterocycles. The maximum absolute atomic E-state index is 12.1. The Hall–Kier alpha value is -0.560. The third-order valence-corrected chi connectivity index (χ3v) is 4.79. The standard InChI is InChI=1S/C16H23Cl2N3O2.ClH/c1-23-13-4-6-21(12(9-13)10-19)7-5-16(22)20-15-8-11(17)2-3-14(15)18;/h2-3,8,12-13H,4-7,9-10,19H2,1H3,(H,20,22);1H. The molecule has 1 saturated heterocycles. The zero-order valence-corrected chi connectivity index (χ0v) is 16.0. The largest absolute Gasteiger partial charge is 0.381 e. The van der Waals surface area contributed by atoms with Gasteiger partial charge in [0.1, 0.15) is 0 Å². The topological polar surface area (TPSA) is 67.6 Å². The van der Waals surface area contributed by atoms with Gasteiger partial charge in [0.25, 0.3) is 0 Å². The second-order valence-electron chi connectivity index (χ2n) is 5.73. The Morgan fingerprint density at radius 2 is 2.21 bits per heavy atom. The van der Waals surface area contributed by atoms with E-state index in [2.05, 4.69) is 10.2 Å². The second kappa shape index (κ2) is 10.4. The number of nitrogens with zero attached hydrogens (tertiary/aromatic N) is 1. The summed E-state index contributed by atoms with van der Waals surface area (Å²) < 4.78 is 5.41. The van der Waals surface area contributed by atoms with Crippen LogP contribution in [0.25, 0.3) is 0 Å². The Kier molecular flexibility index (Phi) is 9.34. The number of hydrogen-bond acceptors (Lipinski definition) is 4. The minimum Gasteiger partial charge on any atom is -0.381 e. The number of rotatable bonds is 6. The fourth-order valence-electron chi connectivity index (χ4n) is 2.87. The van der Waals surface area contributed by atoms with Crippen molar-refractivity contribution in [2.24, 2.45) is 5.73 Å². The molecular formula is C16H24Cl3N3O2. The zero-order valence-electron chi connectivity index (χ0n) is 13.6. The van der Waals surface area contributed by atoms with E-state index in [4.69, 9.17) is 33.7 Å². The average Bonchev–Trinajstić information content (AvgIpc) is 2.56. The summed E-state index contributed by atoms with van der Waals surface area (Å²) in [6, 6.07) is 5.26. The maximum Gasteiger partial charge on any atom is 0.225 e. The third kappa shape index (κ3) is 6.06. The molecule has 24 heavy (non-hydrogen) atoms. The number of anilines is 1. The Morgan fingerprint density at radius 3 is 2.88 bits per heavy atom. The van der Waals surface area contributed by atoms with Gasteiger partial charge in [-0.3, -0.25) is 9.69 Å². The van der Waals surface area contributed by atoms with Crippen molar-refractivity contribution in [3.8, 4) is 0 Å². The summed E-state index contributed by atoms with van der Waals surface area (Å²) in [6.07, 6.45) is 2.53. The first kappa shape index (κ1) is 21.5. The molecule has 0 bridgehead atoms. The van der Waals surface area contributed by atoms with Crippen LogP contribution in [0.4, 0.5) is 5.69 Å². The summed E-state index contributed by atoms with van der Waals surface area (Å²) in [4.78, 5) is 14.4. The van der Waals surface area contributed by atoms with Crippen LogP contribution in [-0.2, 0) is 9.53 Å². The molecule has 0 radical (unpaired) electrons. The van der Waals surface area contributed by atoms with Crippen LogP contribution in [-0.4, -0.2) is 49.7 Å². The number of methoxy groups -OCH3 is 1. The van der Waals surface area contributed by atoms with Crippen molar-refractivity contribution in [3.63, 3.8) is 0 Å². The lowest BCUT2D eigenvalue weighted by molar-refractivity contribution is -0.116. The quantitative estimate of drug-likeness (QED) is 0.775. The summed E-state index contributed by atoms with van der Waals surface area (Å²) in [7, 11) is 1.73. The Morgan fingerprint density at radius 1 is 1.46 bits per heavy atom. The highest BCUT2D eigenvalue weighted by atomic mass is 35.5. The summed E-state index contributed by atoms with van der Waals surface area (Å²) in [5, 5.41) is 3.82. The van der Waals surface area contributed by atoms with Crippen molar-refractivity contribution in [1.82, 2.24) is 4.90 Å². The lowest BCUT2D eigenvalue weighted by Crippen LogP contribution is -2.49. The Labute approximate surface area is 159 Å². The summed E-state index contributed by atoms with van der Waals surface area (Å²) in [6.45, 7) is 2.13. The van der Waals surface area contributed by atoms with Crippen LogP contribution >= 0.6 is 35.6 Å². The first-order valence-electron chi connectivity index (χ1n) is 7.75. The number of ether oxygens (including phenoxy) is 1. The molecule has 2 unspecified atom stereocenters. The molecule has 1 aromatic carbocycles. The zero-order chi connectivity index (χ0) is 16.8. The maximum atomic E-state index is 12.1. The van der Waals surface area contributed by atoms with Crippen molar-refractivity contribution in [2.75, 3.05) is 32.1 Å². The molecule has 8 heteroatoms. The summed E-state index contributed by atoms with van der Waals surface area (Å²) >= 11 is 12.0. The Balaban J connectivity index is 0.00000288. The Bertz CT molecular complexity index is 545. The van der Waals surface area contributed by atoms with E-state index in [-0.39, 0.29) is 30.5 Å². The molecular weight excluding hydrogens is 373 g/mol. The normalized spacial score (nSPS) is 21.2. The highest BCUT2D eigenvalue weighted by Crippen LogP contribution is 2.25. The van der Waals surface area contributed by atoms with E-state index in [9.17, 15) is 4.79 Å². The molecule has 5 nitrogen and oxygen atoms in total. The van der Waals surface area contributed by atoms with E-state index in [1.807, 2.05) is 0 Å². The number of benzene rings is 1. The van der Waals surface area contributed by atoms with Crippen LogP contribution in [0.1, 0.15) is 19.3 Å². The first-order chi connectivity index (χ1) is 11.0. The number of nitrogens with two attached hydrogens (primary N) is 1. The van der Waals surface area contributed by atoms with Gasteiger partial charge in [0.15, 0.2) is 0 Å². The van der Waals surface area contributed by atoms with E-state index in [1.165, 1.54) is 0 Å². The van der Waals surface area contributed by atoms with E-state index in [1.54, 1.807) is 25.3 Å². The smallest absolute Gasteiger partial charge is 0.225 e. The van der Waals surface area contributed by atoms with Crippen LogP contribution in [0.15, 0.2) is 18.2 Å². The van der Waals surface area contributed by atoms with Gasteiger partial charge in [-0.05, 0) is 31.0 Å². The van der Waals surface area contributed by atoms with Crippen LogP contribution < -0.4 is 11.1 Å². The van der Waals surface area contributed by atoms with Gasteiger partial charge in [-0.1, -0.05) is 23.2 Å². The highest BCUT2D eigenvalue weighted by Gasteiger charge is 2.27. The fraction of sp³-hybridized carbons (Fsp3) is 0.562. The summed E-state index contributed by atoms with van der Waals surface area (Å²) in [5.74, 6) is -0.0844. The molecule has 0 aromatic heterocycles. The predicted octanol–water partition coefficient (Wildman–Crippen LogP) is 3.18. The molecule has 3 N–H and O–H groups in total. The average molecular weight is 397 g/mol. The number of likely N-dealkylation sites (tertiary alicyclic amines) is 1. The van der Waals surface area contributed by atoms with Gasteiger partial charge in [-0.2, -0.15) is 0 Å². The molecule has 1 amide bonds. The number of amides is 1. The van der Waals surface area contributed by atoms with Crippen molar-refractivity contribution < 1.29 is 9.53 Å². The minimum absolute atomic E-state index is 0. The molecule has 2 rings (SSSR count). The van der Waals surface area contributed by atoms with Gasteiger partial charge in [0.05, 0.1) is 16.8 Å². The fourth-order valence-corrected chi connectivity index (χ4v) is 3.20. The number of nitrogens with one attached hydrogen (secondary N) is 1. The highest BCUT2D eigenvalue weighted by molar-refractivity contribution is 6.35. The molecule has 1 fully saturated rings. The summed E-state index contributed by atoms with van der Waals surface area (Å²) in [5.41, 5.74) is 6.39. The number of piperidine rings is 1. The van der Waals surface area contributed by atoms with Gasteiger partial charge in [-0.25, -0.2) is 0 Å². The van der Waals surface area contributed by atoms with Gasteiger partial charge in [-0.15, -0.1) is 12.4 Å². The molecule has 2 atom stereocenters. The van der Waals surface area contributed by atoms with Crippen LogP contribution in [0.5, 0.6) is 0 Å². The van der Waals surface area contributed by atoms with Gasteiger partial charge in [0.2, 0.25) is 5.91 Å². The predicted molar refractivity (Wildman–Crippen MR) is 101 cm³/mol. The SMILES string of the molecule is COC1CCN(CCC(=O)Nc2cc(Cl)ccc2Cl)C(CN)C1.Cl. The van der Waals surface area contributed by atoms with Crippen molar-refractivity contribution >= 4 is 47.2 Å². The monoisotopic (exact) mass is 395 g/mol. The lowest BCUT2D eigenvalue weighted by atomic mass is 9.99. The number of carbonyl (C=O) groups is 1. The number of hydrogen-bond donors (Lipinski definition) is 2. The number of halogens is 3. The molecule has 1 aromatic rings. The van der Waals surface area contributed by atoms with E-state index in [0.29, 0.717) is 35.2 Å². The molecule has 1 heterocycles. The second-order valence-corrected chi connectivity index (χ2v) is 6.57. The molecule has 0 saturated carbocycles. The molecule has 0 spiro atoms. The van der Waals surface area contributed by atoms with E-state index < -0.39 is 0 Å².